The zero-order chi connectivity index (χ0) is 10.9. The van der Waals surface area contributed by atoms with Crippen LogP contribution in [0.1, 0.15) is 18.9 Å². The lowest BCUT2D eigenvalue weighted by Crippen LogP contribution is -2.04. The molecule has 0 aliphatic heterocycles. The molecule has 0 aliphatic rings. The van der Waals surface area contributed by atoms with Gasteiger partial charge in [0.25, 0.3) is 0 Å². The normalized spacial score (nSPS) is 10.5. The van der Waals surface area contributed by atoms with Crippen LogP contribution in [0.5, 0.6) is 0 Å². The van der Waals surface area contributed by atoms with Gasteiger partial charge < -0.3 is 4.74 Å². The lowest BCUT2D eigenvalue weighted by atomic mass is 10.2. The number of benzene rings is 1. The molecule has 0 saturated carbocycles. The van der Waals surface area contributed by atoms with E-state index in [9.17, 15) is 4.79 Å². The smallest absolute Gasteiger partial charge is 0.330 e. The van der Waals surface area contributed by atoms with Crippen molar-refractivity contribution in [1.82, 2.24) is 0 Å². The molecular formula is C13H16O2. The van der Waals surface area contributed by atoms with Gasteiger partial charge in [-0.3, -0.25) is 0 Å². The summed E-state index contributed by atoms with van der Waals surface area (Å²) in [6.07, 6.45) is 4.90. The lowest BCUT2D eigenvalue weighted by Gasteiger charge is -2.01. The fourth-order valence-corrected chi connectivity index (χ4v) is 1.18. The highest BCUT2D eigenvalue weighted by atomic mass is 16.5. The fraction of sp³-hybridized carbons (Fsp3) is 0.308. The minimum atomic E-state index is -0.257. The third kappa shape index (κ3) is 5.01. The molecule has 0 fully saturated rings. The first kappa shape index (κ1) is 11.5. The van der Waals surface area contributed by atoms with Crippen molar-refractivity contribution in [3.05, 3.63) is 48.0 Å². The van der Waals surface area contributed by atoms with Crippen LogP contribution >= 0.6 is 0 Å². The zero-order valence-corrected chi connectivity index (χ0v) is 8.98. The van der Waals surface area contributed by atoms with Crippen molar-refractivity contribution < 1.29 is 9.53 Å². The number of carbonyl (C=O) groups excluding carboxylic acids is 1. The Morgan fingerprint density at radius 1 is 1.33 bits per heavy atom. The third-order valence-corrected chi connectivity index (χ3v) is 1.97. The fourth-order valence-electron chi connectivity index (χ4n) is 1.18. The van der Waals surface area contributed by atoms with Crippen LogP contribution < -0.4 is 0 Å². The van der Waals surface area contributed by atoms with Gasteiger partial charge in [-0.2, -0.15) is 0 Å². The van der Waals surface area contributed by atoms with Crippen molar-refractivity contribution in [2.24, 2.45) is 0 Å². The molecule has 0 aliphatic carbocycles. The molecule has 0 amide bonds. The first-order valence-electron chi connectivity index (χ1n) is 5.20. The Morgan fingerprint density at radius 3 is 2.73 bits per heavy atom. The van der Waals surface area contributed by atoms with Crippen molar-refractivity contribution in [2.75, 3.05) is 6.61 Å². The molecule has 0 saturated heterocycles. The van der Waals surface area contributed by atoms with Crippen molar-refractivity contribution >= 4 is 5.97 Å². The molecule has 0 radical (unpaired) electrons. The van der Waals surface area contributed by atoms with Crippen LogP contribution in [0.15, 0.2) is 42.5 Å². The summed E-state index contributed by atoms with van der Waals surface area (Å²) < 4.78 is 5.02. The van der Waals surface area contributed by atoms with Crippen LogP contribution in [0.25, 0.3) is 0 Å². The second-order valence-electron chi connectivity index (χ2n) is 3.21. The number of esters is 1. The molecule has 1 rings (SSSR count). The minimum absolute atomic E-state index is 0.257. The second-order valence-corrected chi connectivity index (χ2v) is 3.21. The highest BCUT2D eigenvalue weighted by Crippen LogP contribution is 1.99. The van der Waals surface area contributed by atoms with E-state index in [1.165, 1.54) is 11.6 Å². The van der Waals surface area contributed by atoms with Crippen LogP contribution in [0.3, 0.4) is 0 Å². The summed E-state index contributed by atoms with van der Waals surface area (Å²) in [6.45, 7) is 2.42. The highest BCUT2D eigenvalue weighted by molar-refractivity contribution is 5.81. The predicted octanol–water partition coefficient (Wildman–Crippen LogP) is 2.74. The number of rotatable bonds is 5. The van der Waals surface area contributed by atoms with Crippen molar-refractivity contribution in [1.29, 1.82) is 0 Å². The number of hydrogen-bond acceptors (Lipinski definition) is 2. The number of ether oxygens (including phenoxy) is 1. The van der Waals surface area contributed by atoms with Gasteiger partial charge in [-0.05, 0) is 12.0 Å². The van der Waals surface area contributed by atoms with Gasteiger partial charge >= 0.3 is 5.97 Å². The first-order chi connectivity index (χ1) is 7.33. The molecule has 0 heterocycles. The van der Waals surface area contributed by atoms with Crippen LogP contribution in [-0.4, -0.2) is 12.6 Å². The molecule has 1 aromatic carbocycles. The van der Waals surface area contributed by atoms with Crippen LogP contribution in [0.2, 0.25) is 0 Å². The van der Waals surface area contributed by atoms with Gasteiger partial charge in [-0.25, -0.2) is 4.79 Å². The molecule has 0 bridgehead atoms. The molecule has 80 valence electrons. The van der Waals surface area contributed by atoms with Gasteiger partial charge in [0, 0.05) is 12.5 Å². The molecule has 0 aromatic heterocycles. The van der Waals surface area contributed by atoms with E-state index in [0.717, 1.165) is 12.8 Å². The summed E-state index contributed by atoms with van der Waals surface area (Å²) in [4.78, 5) is 11.1. The average Bonchev–Trinajstić information content (AvgIpc) is 2.28. The Kier molecular flexibility index (Phi) is 5.23. The van der Waals surface area contributed by atoms with E-state index < -0.39 is 0 Å². The van der Waals surface area contributed by atoms with E-state index in [1.54, 1.807) is 6.08 Å². The summed E-state index contributed by atoms with van der Waals surface area (Å²) in [5, 5.41) is 0. The second kappa shape index (κ2) is 6.82. The summed E-state index contributed by atoms with van der Waals surface area (Å²) >= 11 is 0. The van der Waals surface area contributed by atoms with E-state index >= 15 is 0 Å². The molecular weight excluding hydrogens is 188 g/mol. The maximum Gasteiger partial charge on any atom is 0.330 e. The Balaban J connectivity index is 2.22. The van der Waals surface area contributed by atoms with Gasteiger partial charge in [0.15, 0.2) is 0 Å². The van der Waals surface area contributed by atoms with Crippen LogP contribution in [0.4, 0.5) is 0 Å². The molecule has 15 heavy (non-hydrogen) atoms. The Morgan fingerprint density at radius 2 is 2.07 bits per heavy atom. The molecule has 2 nitrogen and oxygen atoms in total. The van der Waals surface area contributed by atoms with Crippen LogP contribution in [-0.2, 0) is 16.0 Å². The molecule has 2 heteroatoms. The maximum atomic E-state index is 11.1. The van der Waals surface area contributed by atoms with E-state index in [0.29, 0.717) is 6.61 Å². The van der Waals surface area contributed by atoms with Gasteiger partial charge in [-0.15, -0.1) is 0 Å². The predicted molar refractivity (Wildman–Crippen MR) is 60.5 cm³/mol. The maximum absolute atomic E-state index is 11.1. The SMILES string of the molecule is CC/C=C/C(=O)OCCc1ccccc1. The topological polar surface area (TPSA) is 26.3 Å². The summed E-state index contributed by atoms with van der Waals surface area (Å²) in [5.41, 5.74) is 1.18. The Labute approximate surface area is 90.6 Å². The van der Waals surface area contributed by atoms with Crippen molar-refractivity contribution in [3.63, 3.8) is 0 Å². The van der Waals surface area contributed by atoms with Gasteiger partial charge in [0.05, 0.1) is 6.61 Å². The summed E-state index contributed by atoms with van der Waals surface area (Å²) in [6, 6.07) is 9.98. The van der Waals surface area contributed by atoms with Gasteiger partial charge in [0.1, 0.15) is 0 Å². The summed E-state index contributed by atoms with van der Waals surface area (Å²) in [7, 11) is 0. The zero-order valence-electron chi connectivity index (χ0n) is 8.98. The molecule has 1 aromatic rings. The minimum Gasteiger partial charge on any atom is -0.462 e. The van der Waals surface area contributed by atoms with Crippen molar-refractivity contribution in [2.45, 2.75) is 19.8 Å². The molecule has 0 unspecified atom stereocenters. The first-order valence-corrected chi connectivity index (χ1v) is 5.20. The Hall–Kier alpha value is -1.57. The number of allylic oxidation sites excluding steroid dienone is 1. The van der Waals surface area contributed by atoms with E-state index in [2.05, 4.69) is 0 Å². The molecule has 0 spiro atoms. The largest absolute Gasteiger partial charge is 0.462 e. The monoisotopic (exact) mass is 204 g/mol. The molecule has 0 atom stereocenters. The molecule has 0 N–H and O–H groups in total. The number of hydrogen-bond donors (Lipinski definition) is 0. The lowest BCUT2D eigenvalue weighted by molar-refractivity contribution is -0.137. The third-order valence-electron chi connectivity index (χ3n) is 1.97. The summed E-state index contributed by atoms with van der Waals surface area (Å²) in [5.74, 6) is -0.257. The average molecular weight is 204 g/mol. The van der Waals surface area contributed by atoms with Crippen LogP contribution in [0, 0.1) is 0 Å². The van der Waals surface area contributed by atoms with Gasteiger partial charge in [-0.1, -0.05) is 43.3 Å². The van der Waals surface area contributed by atoms with Gasteiger partial charge in [0.2, 0.25) is 0 Å². The highest BCUT2D eigenvalue weighted by Gasteiger charge is 1.96. The quantitative estimate of drug-likeness (QED) is 0.544. The van der Waals surface area contributed by atoms with Crippen molar-refractivity contribution in [3.8, 4) is 0 Å². The van der Waals surface area contributed by atoms with E-state index in [1.807, 2.05) is 37.3 Å². The number of carbonyl (C=O) groups is 1. The van der Waals surface area contributed by atoms with E-state index in [4.69, 9.17) is 4.74 Å². The Bertz CT molecular complexity index is 315. The van der Waals surface area contributed by atoms with E-state index in [-0.39, 0.29) is 5.97 Å². The standard InChI is InChI=1S/C13H16O2/c1-2-3-9-13(14)15-11-10-12-7-5-4-6-8-12/h3-9H,2,10-11H2,1H3/b9-3+.